The van der Waals surface area contributed by atoms with Crippen molar-refractivity contribution in [3.63, 3.8) is 0 Å². The second-order valence-corrected chi connectivity index (χ2v) is 5.04. The summed E-state index contributed by atoms with van der Waals surface area (Å²) in [5.41, 5.74) is 0. The largest absolute Gasteiger partial charge is 0.298 e. The zero-order valence-electron chi connectivity index (χ0n) is 9.29. The highest BCUT2D eigenvalue weighted by Gasteiger charge is 2.23. The number of ketones is 1. The summed E-state index contributed by atoms with van der Waals surface area (Å²) in [4.78, 5) is 14.0. The molecule has 0 aromatic carbocycles. The monoisotopic (exact) mass is 215 g/mol. The van der Waals surface area contributed by atoms with Crippen LogP contribution in [-0.2, 0) is 4.79 Å². The Morgan fingerprint density at radius 1 is 1.43 bits per heavy atom. The minimum Gasteiger partial charge on any atom is -0.298 e. The molecule has 0 aromatic heterocycles. The first-order valence-corrected chi connectivity index (χ1v) is 6.87. The van der Waals surface area contributed by atoms with Crippen LogP contribution in [0.25, 0.3) is 0 Å². The molecule has 0 saturated heterocycles. The summed E-state index contributed by atoms with van der Waals surface area (Å²) in [6, 6.07) is 0.213. The normalized spacial score (nSPS) is 23.9. The Balaban J connectivity index is 2.41. The number of thioether (sulfide) groups is 1. The molecule has 82 valence electrons. The van der Waals surface area contributed by atoms with Gasteiger partial charge in [-0.3, -0.25) is 9.69 Å². The van der Waals surface area contributed by atoms with Gasteiger partial charge in [-0.2, -0.15) is 11.8 Å². The number of hydrogen-bond acceptors (Lipinski definition) is 3. The molecule has 1 saturated carbocycles. The number of likely N-dealkylation sites (N-methyl/N-ethyl adjacent to an activating group) is 1. The Bertz CT molecular complexity index is 184. The SMILES string of the molecule is CSCCN(C)C1CCCCCC1=O. The lowest BCUT2D eigenvalue weighted by Crippen LogP contribution is -2.39. The Kier molecular flexibility index (Phi) is 5.56. The maximum Gasteiger partial charge on any atom is 0.149 e. The molecule has 1 aliphatic rings. The van der Waals surface area contributed by atoms with Crippen molar-refractivity contribution < 1.29 is 4.79 Å². The zero-order valence-corrected chi connectivity index (χ0v) is 10.1. The number of carbonyl (C=O) groups excluding carboxylic acids is 1. The van der Waals surface area contributed by atoms with Gasteiger partial charge < -0.3 is 0 Å². The van der Waals surface area contributed by atoms with Gasteiger partial charge in [-0.15, -0.1) is 0 Å². The lowest BCUT2D eigenvalue weighted by molar-refractivity contribution is -0.123. The van der Waals surface area contributed by atoms with Crippen molar-refractivity contribution in [1.82, 2.24) is 4.90 Å². The van der Waals surface area contributed by atoms with Gasteiger partial charge in [0.2, 0.25) is 0 Å². The molecule has 2 nitrogen and oxygen atoms in total. The van der Waals surface area contributed by atoms with E-state index in [0.717, 1.165) is 31.6 Å². The summed E-state index contributed by atoms with van der Waals surface area (Å²) in [5, 5.41) is 0. The molecule has 1 rings (SSSR count). The lowest BCUT2D eigenvalue weighted by Gasteiger charge is -2.25. The van der Waals surface area contributed by atoms with Crippen molar-refractivity contribution in [3.8, 4) is 0 Å². The zero-order chi connectivity index (χ0) is 10.4. The Labute approximate surface area is 91.4 Å². The van der Waals surface area contributed by atoms with Gasteiger partial charge in [0, 0.05) is 18.7 Å². The van der Waals surface area contributed by atoms with E-state index in [-0.39, 0.29) is 6.04 Å². The lowest BCUT2D eigenvalue weighted by atomic mass is 10.1. The van der Waals surface area contributed by atoms with Crippen LogP contribution in [0.5, 0.6) is 0 Å². The van der Waals surface area contributed by atoms with Gasteiger partial charge >= 0.3 is 0 Å². The number of Topliss-reactive ketones (excluding diaryl/α,β-unsaturated/α-hetero) is 1. The highest BCUT2D eigenvalue weighted by atomic mass is 32.2. The summed E-state index contributed by atoms with van der Waals surface area (Å²) >= 11 is 1.85. The van der Waals surface area contributed by atoms with Crippen LogP contribution in [0.2, 0.25) is 0 Å². The van der Waals surface area contributed by atoms with Crippen molar-refractivity contribution in [2.24, 2.45) is 0 Å². The number of hydrogen-bond donors (Lipinski definition) is 0. The van der Waals surface area contributed by atoms with Crippen molar-refractivity contribution in [2.75, 3.05) is 25.6 Å². The third-order valence-electron chi connectivity index (χ3n) is 2.95. The molecule has 1 aliphatic carbocycles. The molecule has 0 aromatic rings. The molecule has 1 atom stereocenters. The second kappa shape index (κ2) is 6.46. The van der Waals surface area contributed by atoms with E-state index in [1.807, 2.05) is 11.8 Å². The number of nitrogens with zero attached hydrogens (tertiary/aromatic N) is 1. The van der Waals surface area contributed by atoms with E-state index in [9.17, 15) is 4.79 Å². The first-order chi connectivity index (χ1) is 6.75. The van der Waals surface area contributed by atoms with Crippen LogP contribution in [0, 0.1) is 0 Å². The summed E-state index contributed by atoms with van der Waals surface area (Å²) in [5.74, 6) is 1.59. The van der Waals surface area contributed by atoms with E-state index >= 15 is 0 Å². The molecule has 0 spiro atoms. The molecule has 0 aliphatic heterocycles. The van der Waals surface area contributed by atoms with Gasteiger partial charge in [0.05, 0.1) is 6.04 Å². The molecule has 14 heavy (non-hydrogen) atoms. The van der Waals surface area contributed by atoms with Gasteiger partial charge in [-0.05, 0) is 26.1 Å². The number of rotatable bonds is 4. The van der Waals surface area contributed by atoms with Crippen LogP contribution in [0.15, 0.2) is 0 Å². The van der Waals surface area contributed by atoms with E-state index in [0.29, 0.717) is 5.78 Å². The molecule has 0 bridgehead atoms. The summed E-state index contributed by atoms with van der Waals surface area (Å²) in [6.07, 6.45) is 7.55. The minimum absolute atomic E-state index is 0.213. The van der Waals surface area contributed by atoms with Crippen LogP contribution in [0.3, 0.4) is 0 Å². The fraction of sp³-hybridized carbons (Fsp3) is 0.909. The van der Waals surface area contributed by atoms with Crippen LogP contribution in [0.1, 0.15) is 32.1 Å². The van der Waals surface area contributed by atoms with E-state index < -0.39 is 0 Å². The van der Waals surface area contributed by atoms with Crippen LogP contribution in [0.4, 0.5) is 0 Å². The highest BCUT2D eigenvalue weighted by Crippen LogP contribution is 2.18. The first-order valence-electron chi connectivity index (χ1n) is 5.47. The Morgan fingerprint density at radius 3 is 2.93 bits per heavy atom. The van der Waals surface area contributed by atoms with E-state index in [4.69, 9.17) is 0 Å². The van der Waals surface area contributed by atoms with E-state index in [2.05, 4.69) is 18.2 Å². The van der Waals surface area contributed by atoms with Crippen LogP contribution in [-0.4, -0.2) is 42.3 Å². The Hall–Kier alpha value is -0.0200. The Morgan fingerprint density at radius 2 is 2.21 bits per heavy atom. The molecular weight excluding hydrogens is 194 g/mol. The molecular formula is C11H21NOS. The highest BCUT2D eigenvalue weighted by molar-refractivity contribution is 7.98. The third kappa shape index (κ3) is 3.62. The predicted octanol–water partition coefficient (Wildman–Crippen LogP) is 2.18. The maximum atomic E-state index is 11.8. The fourth-order valence-corrected chi connectivity index (χ4v) is 2.47. The average Bonchev–Trinajstić information content (AvgIpc) is 2.39. The van der Waals surface area contributed by atoms with Crippen molar-refractivity contribution in [3.05, 3.63) is 0 Å². The molecule has 0 amide bonds. The second-order valence-electron chi connectivity index (χ2n) is 4.05. The molecule has 0 heterocycles. The van der Waals surface area contributed by atoms with Gasteiger partial charge in [0.25, 0.3) is 0 Å². The molecule has 0 radical (unpaired) electrons. The molecule has 1 unspecified atom stereocenters. The quantitative estimate of drug-likeness (QED) is 0.670. The maximum absolute atomic E-state index is 11.8. The third-order valence-corrected chi connectivity index (χ3v) is 3.54. The predicted molar refractivity (Wildman–Crippen MR) is 62.9 cm³/mol. The van der Waals surface area contributed by atoms with E-state index in [1.54, 1.807) is 0 Å². The summed E-state index contributed by atoms with van der Waals surface area (Å²) in [6.45, 7) is 1.04. The van der Waals surface area contributed by atoms with Gasteiger partial charge in [-0.1, -0.05) is 12.8 Å². The topological polar surface area (TPSA) is 20.3 Å². The molecule has 0 N–H and O–H groups in total. The van der Waals surface area contributed by atoms with Crippen molar-refractivity contribution in [2.45, 2.75) is 38.1 Å². The first kappa shape index (κ1) is 12.1. The van der Waals surface area contributed by atoms with Gasteiger partial charge in [0.15, 0.2) is 0 Å². The molecule has 1 fully saturated rings. The molecule has 3 heteroatoms. The van der Waals surface area contributed by atoms with Crippen LogP contribution < -0.4 is 0 Å². The summed E-state index contributed by atoms with van der Waals surface area (Å²) in [7, 11) is 2.09. The van der Waals surface area contributed by atoms with Gasteiger partial charge in [-0.25, -0.2) is 0 Å². The fourth-order valence-electron chi connectivity index (χ4n) is 2.00. The van der Waals surface area contributed by atoms with E-state index in [1.165, 1.54) is 12.8 Å². The number of carbonyl (C=O) groups is 1. The standard InChI is InChI=1S/C11H21NOS/c1-12(8-9-14-2)10-6-4-3-5-7-11(10)13/h10H,3-9H2,1-2H3. The average molecular weight is 215 g/mol. The van der Waals surface area contributed by atoms with Crippen molar-refractivity contribution in [1.29, 1.82) is 0 Å². The minimum atomic E-state index is 0.213. The van der Waals surface area contributed by atoms with Crippen LogP contribution >= 0.6 is 11.8 Å². The smallest absolute Gasteiger partial charge is 0.149 e. The van der Waals surface area contributed by atoms with Gasteiger partial charge in [0.1, 0.15) is 5.78 Å². The van der Waals surface area contributed by atoms with Crippen molar-refractivity contribution >= 4 is 17.5 Å². The summed E-state index contributed by atoms with van der Waals surface area (Å²) < 4.78 is 0.